The van der Waals surface area contributed by atoms with Gasteiger partial charge in [0.2, 0.25) is 0 Å². The number of rotatable bonds is 3. The van der Waals surface area contributed by atoms with Crippen LogP contribution in [0.15, 0.2) is 23.5 Å². The normalized spacial score (nSPS) is 15.8. The van der Waals surface area contributed by atoms with Gasteiger partial charge < -0.3 is 9.67 Å². The lowest BCUT2D eigenvalue weighted by molar-refractivity contribution is 0.447. The maximum atomic E-state index is 11.9. The molecule has 0 saturated carbocycles. The largest absolute Gasteiger partial charge is 0.503 e. The van der Waals surface area contributed by atoms with Gasteiger partial charge in [0, 0.05) is 23.7 Å². The Morgan fingerprint density at radius 2 is 2.44 bits per heavy atom. The van der Waals surface area contributed by atoms with Gasteiger partial charge in [-0.05, 0) is 25.3 Å². The Hall–Kier alpha value is -1.51. The van der Waals surface area contributed by atoms with Crippen molar-refractivity contribution in [2.45, 2.75) is 38.6 Å². The Kier molecular flexibility index (Phi) is 2.86. The van der Waals surface area contributed by atoms with Crippen molar-refractivity contribution in [2.24, 2.45) is 0 Å². The fourth-order valence-electron chi connectivity index (χ4n) is 2.37. The van der Waals surface area contributed by atoms with Gasteiger partial charge in [0.05, 0.1) is 0 Å². The summed E-state index contributed by atoms with van der Waals surface area (Å²) in [5.74, 6) is -0.0309. The maximum Gasteiger partial charge on any atom is 0.293 e. The van der Waals surface area contributed by atoms with Gasteiger partial charge >= 0.3 is 0 Å². The number of aryl methyl sites for hydroxylation is 1. The van der Waals surface area contributed by atoms with E-state index in [1.165, 1.54) is 0 Å². The fourth-order valence-corrected chi connectivity index (χ4v) is 2.37. The molecular weight excluding hydrogens is 202 g/mol. The Morgan fingerprint density at radius 1 is 1.69 bits per heavy atom. The van der Waals surface area contributed by atoms with Crippen LogP contribution in [0.2, 0.25) is 0 Å². The van der Waals surface area contributed by atoms with Gasteiger partial charge in [-0.2, -0.15) is 0 Å². The SMILES string of the molecule is C=CC(CC)c1cc2n(c(=O)c1O)CCC2. The summed E-state index contributed by atoms with van der Waals surface area (Å²) in [6, 6.07) is 1.96. The number of pyridine rings is 1. The summed E-state index contributed by atoms with van der Waals surface area (Å²) in [7, 11) is 0. The second-order valence-electron chi connectivity index (χ2n) is 4.25. The van der Waals surface area contributed by atoms with E-state index < -0.39 is 0 Å². The second kappa shape index (κ2) is 4.16. The number of nitrogens with zero attached hydrogens (tertiary/aromatic N) is 1. The Labute approximate surface area is 95.0 Å². The number of fused-ring (bicyclic) bond motifs is 1. The number of allylic oxidation sites excluding steroid dienone is 1. The average molecular weight is 219 g/mol. The molecule has 3 heteroatoms. The number of aromatic hydroxyl groups is 1. The molecule has 1 aromatic rings. The quantitative estimate of drug-likeness (QED) is 0.792. The van der Waals surface area contributed by atoms with Gasteiger partial charge in [0.15, 0.2) is 5.75 Å². The van der Waals surface area contributed by atoms with E-state index in [1.807, 2.05) is 13.0 Å². The molecule has 0 radical (unpaired) electrons. The van der Waals surface area contributed by atoms with Crippen LogP contribution in [0.3, 0.4) is 0 Å². The zero-order valence-electron chi connectivity index (χ0n) is 9.57. The van der Waals surface area contributed by atoms with E-state index in [-0.39, 0.29) is 17.2 Å². The second-order valence-corrected chi connectivity index (χ2v) is 4.25. The first-order valence-corrected chi connectivity index (χ1v) is 5.77. The summed E-state index contributed by atoms with van der Waals surface area (Å²) < 4.78 is 1.68. The van der Waals surface area contributed by atoms with Crippen LogP contribution >= 0.6 is 0 Å². The van der Waals surface area contributed by atoms with Crippen LogP contribution in [0.25, 0.3) is 0 Å². The van der Waals surface area contributed by atoms with Crippen molar-refractivity contribution in [1.82, 2.24) is 4.57 Å². The highest BCUT2D eigenvalue weighted by atomic mass is 16.3. The summed E-state index contributed by atoms with van der Waals surface area (Å²) in [6.45, 7) is 6.51. The topological polar surface area (TPSA) is 42.2 Å². The van der Waals surface area contributed by atoms with Crippen LogP contribution in [-0.2, 0) is 13.0 Å². The first-order chi connectivity index (χ1) is 7.69. The summed E-state index contributed by atoms with van der Waals surface area (Å²) in [4.78, 5) is 11.9. The molecule has 2 rings (SSSR count). The molecule has 1 atom stereocenters. The molecule has 0 aromatic carbocycles. The minimum Gasteiger partial charge on any atom is -0.503 e. The third kappa shape index (κ3) is 1.56. The minimum absolute atomic E-state index is 0.0687. The third-order valence-corrected chi connectivity index (χ3v) is 3.33. The van der Waals surface area contributed by atoms with Crippen molar-refractivity contribution in [3.8, 4) is 5.75 Å². The summed E-state index contributed by atoms with van der Waals surface area (Å²) in [5.41, 5.74) is 1.53. The Bertz CT molecular complexity index is 474. The van der Waals surface area contributed by atoms with E-state index in [2.05, 4.69) is 6.58 Å². The molecule has 1 aliphatic heterocycles. The lowest BCUT2D eigenvalue weighted by atomic mass is 9.96. The summed E-state index contributed by atoms with van der Waals surface area (Å²) in [5, 5.41) is 9.91. The van der Waals surface area contributed by atoms with Gasteiger partial charge in [0.25, 0.3) is 5.56 Å². The molecule has 2 heterocycles. The molecular formula is C13H17NO2. The molecule has 1 aromatic heterocycles. The van der Waals surface area contributed by atoms with Crippen LogP contribution in [0, 0.1) is 0 Å². The van der Waals surface area contributed by atoms with E-state index in [4.69, 9.17) is 0 Å². The summed E-state index contributed by atoms with van der Waals surface area (Å²) in [6.07, 6.45) is 4.56. The molecule has 1 N–H and O–H groups in total. The van der Waals surface area contributed by atoms with Gasteiger partial charge in [-0.1, -0.05) is 13.0 Å². The van der Waals surface area contributed by atoms with Crippen LogP contribution in [0.1, 0.15) is 36.9 Å². The van der Waals surface area contributed by atoms with Crippen molar-refractivity contribution >= 4 is 0 Å². The highest BCUT2D eigenvalue weighted by Gasteiger charge is 2.20. The molecule has 0 spiro atoms. The molecule has 0 amide bonds. The molecule has 0 fully saturated rings. The van der Waals surface area contributed by atoms with Gasteiger partial charge in [-0.25, -0.2) is 0 Å². The third-order valence-electron chi connectivity index (χ3n) is 3.33. The van der Waals surface area contributed by atoms with Crippen LogP contribution < -0.4 is 5.56 Å². The molecule has 1 aliphatic rings. The van der Waals surface area contributed by atoms with Crippen LogP contribution in [0.4, 0.5) is 0 Å². The maximum absolute atomic E-state index is 11.9. The Morgan fingerprint density at radius 3 is 3.06 bits per heavy atom. The zero-order valence-corrected chi connectivity index (χ0v) is 9.57. The van der Waals surface area contributed by atoms with Crippen molar-refractivity contribution in [3.63, 3.8) is 0 Å². The van der Waals surface area contributed by atoms with Crippen molar-refractivity contribution in [2.75, 3.05) is 0 Å². The molecule has 0 saturated heterocycles. The van der Waals surface area contributed by atoms with Crippen molar-refractivity contribution in [3.05, 3.63) is 40.3 Å². The zero-order chi connectivity index (χ0) is 11.7. The van der Waals surface area contributed by atoms with Crippen molar-refractivity contribution < 1.29 is 5.11 Å². The first kappa shape index (κ1) is 11.0. The number of hydrogen-bond acceptors (Lipinski definition) is 2. The monoisotopic (exact) mass is 219 g/mol. The lowest BCUT2D eigenvalue weighted by Gasteiger charge is -2.14. The predicted octanol–water partition coefficient (Wildman–Crippen LogP) is 2.18. The lowest BCUT2D eigenvalue weighted by Crippen LogP contribution is -2.20. The highest BCUT2D eigenvalue weighted by Crippen LogP contribution is 2.29. The van der Waals surface area contributed by atoms with E-state index in [1.54, 1.807) is 10.6 Å². The molecule has 86 valence electrons. The molecule has 0 aliphatic carbocycles. The van der Waals surface area contributed by atoms with E-state index >= 15 is 0 Å². The average Bonchev–Trinajstić information content (AvgIpc) is 2.75. The standard InChI is InChI=1S/C13H17NO2/c1-3-9(4-2)11-8-10-6-5-7-14(10)13(16)12(11)15/h3,8-9,15H,1,4-7H2,2H3. The predicted molar refractivity (Wildman–Crippen MR) is 63.9 cm³/mol. The molecule has 3 nitrogen and oxygen atoms in total. The van der Waals surface area contributed by atoms with E-state index in [9.17, 15) is 9.90 Å². The van der Waals surface area contributed by atoms with E-state index in [0.717, 1.165) is 37.1 Å². The van der Waals surface area contributed by atoms with E-state index in [0.29, 0.717) is 0 Å². The van der Waals surface area contributed by atoms with Gasteiger partial charge in [0.1, 0.15) is 0 Å². The van der Waals surface area contributed by atoms with Gasteiger partial charge in [-0.3, -0.25) is 4.79 Å². The number of hydrogen-bond donors (Lipinski definition) is 1. The number of aromatic nitrogens is 1. The molecule has 0 bridgehead atoms. The van der Waals surface area contributed by atoms with Crippen LogP contribution in [-0.4, -0.2) is 9.67 Å². The highest BCUT2D eigenvalue weighted by molar-refractivity contribution is 5.38. The molecule has 1 unspecified atom stereocenters. The van der Waals surface area contributed by atoms with Gasteiger partial charge in [-0.15, -0.1) is 6.58 Å². The first-order valence-electron chi connectivity index (χ1n) is 5.77. The summed E-state index contributed by atoms with van der Waals surface area (Å²) >= 11 is 0. The minimum atomic E-state index is -0.245. The van der Waals surface area contributed by atoms with Crippen LogP contribution in [0.5, 0.6) is 5.75 Å². The molecule has 16 heavy (non-hydrogen) atoms. The van der Waals surface area contributed by atoms with Crippen molar-refractivity contribution in [1.29, 1.82) is 0 Å². The fraction of sp³-hybridized carbons (Fsp3) is 0.462. The Balaban J connectivity index is 2.60. The smallest absolute Gasteiger partial charge is 0.293 e.